The molecule has 0 aromatic carbocycles. The molecule has 0 unspecified atom stereocenters. The van der Waals surface area contributed by atoms with Gasteiger partial charge in [0.2, 0.25) is 0 Å². The van der Waals surface area contributed by atoms with Crippen LogP contribution in [0, 0.1) is 12.3 Å². The van der Waals surface area contributed by atoms with Gasteiger partial charge in [0.15, 0.2) is 12.7 Å². The van der Waals surface area contributed by atoms with Gasteiger partial charge in [0, 0.05) is 0 Å². The maximum atomic E-state index is 10.5. The number of carboxylic acids is 1. The Morgan fingerprint density at radius 2 is 2.25 bits per heavy atom. The first-order valence-corrected chi connectivity index (χ1v) is 3.07. The number of hydrogen-bond donors (Lipinski definition) is 1. The SMILES string of the molecule is C#CCOC(=O)O[C@H](C)C(=O)O. The van der Waals surface area contributed by atoms with Crippen LogP contribution < -0.4 is 0 Å². The van der Waals surface area contributed by atoms with E-state index in [0.717, 1.165) is 0 Å². The molecule has 0 fully saturated rings. The molecule has 0 radical (unpaired) electrons. The summed E-state index contributed by atoms with van der Waals surface area (Å²) in [7, 11) is 0. The Bertz CT molecular complexity index is 214. The Labute approximate surface area is 69.3 Å². The highest BCUT2D eigenvalue weighted by atomic mass is 16.7. The van der Waals surface area contributed by atoms with Crippen molar-refractivity contribution >= 4 is 12.1 Å². The minimum absolute atomic E-state index is 0.231. The maximum absolute atomic E-state index is 10.5. The first-order chi connectivity index (χ1) is 5.57. The van der Waals surface area contributed by atoms with Crippen molar-refractivity contribution in [2.24, 2.45) is 0 Å². The zero-order chi connectivity index (χ0) is 9.56. The standard InChI is InChI=1S/C7H8O5/c1-3-4-11-7(10)12-5(2)6(8)9/h1,5H,4H2,2H3,(H,8,9)/t5-/m1/s1. The Morgan fingerprint density at radius 1 is 1.67 bits per heavy atom. The van der Waals surface area contributed by atoms with Gasteiger partial charge in [0.05, 0.1) is 0 Å². The van der Waals surface area contributed by atoms with E-state index in [-0.39, 0.29) is 6.61 Å². The van der Waals surface area contributed by atoms with Crippen molar-refractivity contribution < 1.29 is 24.2 Å². The van der Waals surface area contributed by atoms with Crippen molar-refractivity contribution in [1.82, 2.24) is 0 Å². The van der Waals surface area contributed by atoms with Gasteiger partial charge >= 0.3 is 12.1 Å². The summed E-state index contributed by atoms with van der Waals surface area (Å²) in [6.07, 6.45) is 2.46. The molecular weight excluding hydrogens is 164 g/mol. The van der Waals surface area contributed by atoms with Gasteiger partial charge in [-0.15, -0.1) is 6.42 Å². The first kappa shape index (κ1) is 10.3. The molecule has 0 aliphatic rings. The molecule has 5 nitrogen and oxygen atoms in total. The average Bonchev–Trinajstić information content (AvgIpc) is 2.00. The molecule has 0 bridgehead atoms. The number of terminal acetylenes is 1. The highest BCUT2D eigenvalue weighted by Gasteiger charge is 2.16. The summed E-state index contributed by atoms with van der Waals surface area (Å²) in [5.41, 5.74) is 0. The topological polar surface area (TPSA) is 72.8 Å². The largest absolute Gasteiger partial charge is 0.510 e. The minimum atomic E-state index is -1.24. The van der Waals surface area contributed by atoms with Crippen LogP contribution in [0.2, 0.25) is 0 Å². The van der Waals surface area contributed by atoms with E-state index in [4.69, 9.17) is 11.5 Å². The Hall–Kier alpha value is -1.70. The normalized spacial score (nSPS) is 11.0. The Balaban J connectivity index is 3.71. The fraction of sp³-hybridized carbons (Fsp3) is 0.429. The number of ether oxygens (including phenoxy) is 2. The van der Waals surface area contributed by atoms with Crippen LogP contribution in [0.3, 0.4) is 0 Å². The third-order valence-corrected chi connectivity index (χ3v) is 0.894. The first-order valence-electron chi connectivity index (χ1n) is 3.07. The second-order valence-electron chi connectivity index (χ2n) is 1.84. The molecule has 0 heterocycles. The molecule has 5 heteroatoms. The number of aliphatic carboxylic acids is 1. The van der Waals surface area contributed by atoms with Crippen molar-refractivity contribution in [2.45, 2.75) is 13.0 Å². The molecule has 0 aromatic rings. The van der Waals surface area contributed by atoms with E-state index in [9.17, 15) is 9.59 Å². The summed E-state index contributed by atoms with van der Waals surface area (Å²) in [6.45, 7) is 0.977. The van der Waals surface area contributed by atoms with Crippen LogP contribution in [0.4, 0.5) is 4.79 Å². The van der Waals surface area contributed by atoms with Gasteiger partial charge < -0.3 is 14.6 Å². The third-order valence-electron chi connectivity index (χ3n) is 0.894. The van der Waals surface area contributed by atoms with Crippen molar-refractivity contribution in [1.29, 1.82) is 0 Å². The Morgan fingerprint density at radius 3 is 2.67 bits per heavy atom. The highest BCUT2D eigenvalue weighted by Crippen LogP contribution is 1.93. The average molecular weight is 172 g/mol. The van der Waals surface area contributed by atoms with Crippen LogP contribution >= 0.6 is 0 Å². The van der Waals surface area contributed by atoms with Crippen LogP contribution in [0.25, 0.3) is 0 Å². The van der Waals surface area contributed by atoms with E-state index in [1.165, 1.54) is 6.92 Å². The van der Waals surface area contributed by atoms with Crippen LogP contribution in [0.15, 0.2) is 0 Å². The van der Waals surface area contributed by atoms with E-state index in [0.29, 0.717) is 0 Å². The van der Waals surface area contributed by atoms with Crippen molar-refractivity contribution in [3.8, 4) is 12.3 Å². The summed E-state index contributed by atoms with van der Waals surface area (Å²) in [5.74, 6) is 0.788. The number of carbonyl (C=O) groups is 2. The van der Waals surface area contributed by atoms with E-state index >= 15 is 0 Å². The summed E-state index contributed by atoms with van der Waals surface area (Å²) in [4.78, 5) is 20.6. The molecule has 0 aromatic heterocycles. The summed E-state index contributed by atoms with van der Waals surface area (Å²) in [5, 5.41) is 8.28. The van der Waals surface area contributed by atoms with Gasteiger partial charge in [0.25, 0.3) is 0 Å². The fourth-order valence-electron chi connectivity index (χ4n) is 0.329. The quantitative estimate of drug-likeness (QED) is 0.487. The van der Waals surface area contributed by atoms with Gasteiger partial charge in [-0.2, -0.15) is 0 Å². The lowest BCUT2D eigenvalue weighted by atomic mass is 10.4. The van der Waals surface area contributed by atoms with Crippen LogP contribution in [0.5, 0.6) is 0 Å². The van der Waals surface area contributed by atoms with Crippen LogP contribution in [-0.2, 0) is 14.3 Å². The zero-order valence-corrected chi connectivity index (χ0v) is 6.44. The smallest absolute Gasteiger partial charge is 0.479 e. The lowest BCUT2D eigenvalue weighted by Crippen LogP contribution is -2.24. The lowest BCUT2D eigenvalue weighted by molar-refractivity contribution is -0.147. The monoisotopic (exact) mass is 172 g/mol. The minimum Gasteiger partial charge on any atom is -0.479 e. The lowest BCUT2D eigenvalue weighted by Gasteiger charge is -2.06. The number of rotatable bonds is 3. The zero-order valence-electron chi connectivity index (χ0n) is 6.44. The third kappa shape index (κ3) is 4.17. The molecule has 0 spiro atoms. The van der Waals surface area contributed by atoms with Gasteiger partial charge in [-0.05, 0) is 6.92 Å². The number of carboxylic acid groups (broad SMARTS) is 1. The number of carbonyl (C=O) groups excluding carboxylic acids is 1. The van der Waals surface area contributed by atoms with E-state index < -0.39 is 18.2 Å². The molecule has 1 N–H and O–H groups in total. The van der Waals surface area contributed by atoms with Crippen molar-refractivity contribution in [3.63, 3.8) is 0 Å². The molecule has 12 heavy (non-hydrogen) atoms. The fourth-order valence-corrected chi connectivity index (χ4v) is 0.329. The molecule has 0 saturated heterocycles. The molecule has 0 aliphatic carbocycles. The summed E-state index contributed by atoms with van der Waals surface area (Å²) in [6, 6.07) is 0. The number of hydrogen-bond acceptors (Lipinski definition) is 4. The Kier molecular flexibility index (Phi) is 4.31. The van der Waals surface area contributed by atoms with Crippen LogP contribution in [0.1, 0.15) is 6.92 Å². The predicted octanol–water partition coefficient (Wildman–Crippen LogP) is 0.246. The second kappa shape index (κ2) is 5.02. The predicted molar refractivity (Wildman–Crippen MR) is 38.4 cm³/mol. The molecule has 0 saturated carbocycles. The molecule has 0 rings (SSSR count). The van der Waals surface area contributed by atoms with Gasteiger partial charge in [-0.25, -0.2) is 9.59 Å². The summed E-state index contributed by atoms with van der Waals surface area (Å²) >= 11 is 0. The van der Waals surface area contributed by atoms with Crippen molar-refractivity contribution in [2.75, 3.05) is 6.61 Å². The summed E-state index contributed by atoms with van der Waals surface area (Å²) < 4.78 is 8.51. The van der Waals surface area contributed by atoms with Gasteiger partial charge in [-0.3, -0.25) is 0 Å². The van der Waals surface area contributed by atoms with Crippen LogP contribution in [-0.4, -0.2) is 29.9 Å². The van der Waals surface area contributed by atoms with E-state index in [1.54, 1.807) is 0 Å². The van der Waals surface area contributed by atoms with Crippen molar-refractivity contribution in [3.05, 3.63) is 0 Å². The van der Waals surface area contributed by atoms with E-state index in [1.807, 2.05) is 5.92 Å². The molecule has 0 amide bonds. The van der Waals surface area contributed by atoms with Gasteiger partial charge in [0.1, 0.15) is 0 Å². The van der Waals surface area contributed by atoms with E-state index in [2.05, 4.69) is 9.47 Å². The molecule has 1 atom stereocenters. The molecule has 0 aliphatic heterocycles. The maximum Gasteiger partial charge on any atom is 0.510 e. The highest BCUT2D eigenvalue weighted by molar-refractivity contribution is 5.75. The second-order valence-corrected chi connectivity index (χ2v) is 1.84. The molecule has 66 valence electrons. The molecular formula is C7H8O5. The van der Waals surface area contributed by atoms with Gasteiger partial charge in [-0.1, -0.05) is 5.92 Å².